The van der Waals surface area contributed by atoms with Crippen LogP contribution in [0.5, 0.6) is 5.75 Å². The van der Waals surface area contributed by atoms with E-state index in [2.05, 4.69) is 19.2 Å². The monoisotopic (exact) mass is 424 g/mol. The molecule has 0 radical (unpaired) electrons. The van der Waals surface area contributed by atoms with Gasteiger partial charge in [-0.25, -0.2) is 0 Å². The molecule has 0 fully saturated rings. The molecule has 2 amide bonds. The zero-order chi connectivity index (χ0) is 22.8. The molecule has 0 heterocycles. The minimum Gasteiger partial charge on any atom is -0.484 e. The third-order valence-corrected chi connectivity index (χ3v) is 5.40. The minimum absolute atomic E-state index is 0.0920. The van der Waals surface area contributed by atoms with Gasteiger partial charge in [0.15, 0.2) is 6.61 Å². The Morgan fingerprint density at radius 3 is 2.35 bits per heavy atom. The summed E-state index contributed by atoms with van der Waals surface area (Å²) in [5.41, 5.74) is 3.43. The van der Waals surface area contributed by atoms with Crippen molar-refractivity contribution < 1.29 is 14.3 Å². The molecule has 1 N–H and O–H groups in total. The van der Waals surface area contributed by atoms with E-state index in [4.69, 9.17) is 4.74 Å². The SMILES string of the molecule is CC[C@H](C(=O)NCC(C)C)N(CCc1ccccc1)C(=O)COc1ccc(C)c(C)c1. The second kappa shape index (κ2) is 12.1. The number of hydrogen-bond donors (Lipinski definition) is 1. The molecule has 0 aliphatic rings. The highest BCUT2D eigenvalue weighted by Crippen LogP contribution is 2.17. The third kappa shape index (κ3) is 7.74. The predicted molar refractivity (Wildman–Crippen MR) is 125 cm³/mol. The molecule has 2 aromatic carbocycles. The summed E-state index contributed by atoms with van der Waals surface area (Å²) < 4.78 is 5.79. The number of aryl methyl sites for hydroxylation is 2. The van der Waals surface area contributed by atoms with Crippen molar-refractivity contribution in [1.82, 2.24) is 10.2 Å². The molecular formula is C26H36N2O3. The van der Waals surface area contributed by atoms with E-state index >= 15 is 0 Å². The first-order valence-corrected chi connectivity index (χ1v) is 11.1. The standard InChI is InChI=1S/C26H36N2O3/c1-6-24(26(30)27-17-19(2)3)28(15-14-22-10-8-7-9-11-22)25(29)18-31-23-13-12-20(4)21(5)16-23/h7-13,16,19,24H,6,14-15,17-18H2,1-5H3,(H,27,30)/t24-/m1/s1. The number of rotatable bonds is 11. The number of ether oxygens (including phenoxy) is 1. The Balaban J connectivity index is 2.12. The van der Waals surface area contributed by atoms with Gasteiger partial charge in [0.05, 0.1) is 0 Å². The van der Waals surface area contributed by atoms with Crippen molar-refractivity contribution in [2.24, 2.45) is 5.92 Å². The van der Waals surface area contributed by atoms with Gasteiger partial charge in [0.2, 0.25) is 5.91 Å². The molecule has 0 bridgehead atoms. The number of carbonyl (C=O) groups excluding carboxylic acids is 2. The van der Waals surface area contributed by atoms with Crippen LogP contribution in [-0.2, 0) is 16.0 Å². The lowest BCUT2D eigenvalue weighted by Crippen LogP contribution is -2.51. The maximum Gasteiger partial charge on any atom is 0.261 e. The van der Waals surface area contributed by atoms with Gasteiger partial charge in [-0.1, -0.05) is 57.2 Å². The maximum absolute atomic E-state index is 13.2. The van der Waals surface area contributed by atoms with E-state index < -0.39 is 6.04 Å². The lowest BCUT2D eigenvalue weighted by atomic mass is 10.1. The fourth-order valence-electron chi connectivity index (χ4n) is 3.35. The number of nitrogens with zero attached hydrogens (tertiary/aromatic N) is 1. The molecular weight excluding hydrogens is 388 g/mol. The molecule has 0 unspecified atom stereocenters. The smallest absolute Gasteiger partial charge is 0.261 e. The van der Waals surface area contributed by atoms with Gasteiger partial charge in [-0.05, 0) is 61.4 Å². The van der Waals surface area contributed by atoms with Crippen LogP contribution in [-0.4, -0.2) is 42.5 Å². The Hall–Kier alpha value is -2.82. The van der Waals surface area contributed by atoms with Crippen LogP contribution in [0, 0.1) is 19.8 Å². The molecule has 0 aliphatic heterocycles. The van der Waals surface area contributed by atoms with Crippen LogP contribution in [0.4, 0.5) is 0 Å². The van der Waals surface area contributed by atoms with Gasteiger partial charge in [0.1, 0.15) is 11.8 Å². The van der Waals surface area contributed by atoms with Gasteiger partial charge >= 0.3 is 0 Å². The first kappa shape index (κ1) is 24.4. The lowest BCUT2D eigenvalue weighted by Gasteiger charge is -2.30. The molecule has 0 saturated heterocycles. The zero-order valence-corrected chi connectivity index (χ0v) is 19.5. The second-order valence-electron chi connectivity index (χ2n) is 8.42. The van der Waals surface area contributed by atoms with Gasteiger partial charge in [-0.2, -0.15) is 0 Å². The largest absolute Gasteiger partial charge is 0.484 e. The fourth-order valence-corrected chi connectivity index (χ4v) is 3.35. The van der Waals surface area contributed by atoms with Crippen LogP contribution < -0.4 is 10.1 Å². The van der Waals surface area contributed by atoms with E-state index in [-0.39, 0.29) is 18.4 Å². The highest BCUT2D eigenvalue weighted by atomic mass is 16.5. The first-order valence-electron chi connectivity index (χ1n) is 11.1. The van der Waals surface area contributed by atoms with E-state index in [9.17, 15) is 9.59 Å². The maximum atomic E-state index is 13.2. The molecule has 1 atom stereocenters. The lowest BCUT2D eigenvalue weighted by molar-refractivity contribution is -0.142. The van der Waals surface area contributed by atoms with Crippen molar-refractivity contribution in [2.45, 2.75) is 53.5 Å². The molecule has 0 aromatic heterocycles. The van der Waals surface area contributed by atoms with E-state index in [0.29, 0.717) is 37.6 Å². The Morgan fingerprint density at radius 1 is 1.03 bits per heavy atom. The summed E-state index contributed by atoms with van der Waals surface area (Å²) in [4.78, 5) is 27.7. The summed E-state index contributed by atoms with van der Waals surface area (Å²) in [6.07, 6.45) is 1.23. The Morgan fingerprint density at radius 2 is 1.74 bits per heavy atom. The highest BCUT2D eigenvalue weighted by molar-refractivity contribution is 5.88. The Labute approximate surface area is 186 Å². The molecule has 168 valence electrons. The van der Waals surface area contributed by atoms with Gasteiger partial charge in [0.25, 0.3) is 5.91 Å². The van der Waals surface area contributed by atoms with Crippen molar-refractivity contribution in [3.63, 3.8) is 0 Å². The molecule has 31 heavy (non-hydrogen) atoms. The van der Waals surface area contributed by atoms with E-state index in [0.717, 1.165) is 11.1 Å². The summed E-state index contributed by atoms with van der Waals surface area (Å²) in [6, 6.07) is 15.3. The highest BCUT2D eigenvalue weighted by Gasteiger charge is 2.28. The predicted octanol–water partition coefficient (Wildman–Crippen LogP) is 4.30. The van der Waals surface area contributed by atoms with Crippen molar-refractivity contribution in [3.8, 4) is 5.75 Å². The van der Waals surface area contributed by atoms with Crippen LogP contribution in [0.15, 0.2) is 48.5 Å². The minimum atomic E-state index is -0.515. The summed E-state index contributed by atoms with van der Waals surface area (Å²) in [7, 11) is 0. The van der Waals surface area contributed by atoms with Gasteiger partial charge in [0, 0.05) is 13.1 Å². The quantitative estimate of drug-likeness (QED) is 0.585. The molecule has 0 spiro atoms. The van der Waals surface area contributed by atoms with Crippen LogP contribution in [0.1, 0.15) is 43.9 Å². The normalized spacial score (nSPS) is 11.8. The molecule has 5 heteroatoms. The van der Waals surface area contributed by atoms with Gasteiger partial charge in [-0.3, -0.25) is 9.59 Å². The Bertz CT molecular complexity index is 849. The number of benzene rings is 2. The third-order valence-electron chi connectivity index (χ3n) is 5.40. The summed E-state index contributed by atoms with van der Waals surface area (Å²) >= 11 is 0. The zero-order valence-electron chi connectivity index (χ0n) is 19.5. The summed E-state index contributed by atoms with van der Waals surface area (Å²) in [5, 5.41) is 2.98. The van der Waals surface area contributed by atoms with Gasteiger partial charge < -0.3 is 15.0 Å². The molecule has 2 aromatic rings. The number of carbonyl (C=O) groups is 2. The number of hydrogen-bond acceptors (Lipinski definition) is 3. The van der Waals surface area contributed by atoms with Crippen molar-refractivity contribution in [2.75, 3.05) is 19.7 Å². The summed E-state index contributed by atoms with van der Waals surface area (Å²) in [6.45, 7) is 11.1. The van der Waals surface area contributed by atoms with E-state index in [1.54, 1.807) is 4.90 Å². The van der Waals surface area contributed by atoms with Crippen LogP contribution in [0.3, 0.4) is 0 Å². The fraction of sp³-hybridized carbons (Fsp3) is 0.462. The first-order chi connectivity index (χ1) is 14.8. The average molecular weight is 425 g/mol. The molecule has 0 saturated carbocycles. The van der Waals surface area contributed by atoms with Gasteiger partial charge in [-0.15, -0.1) is 0 Å². The Kier molecular flexibility index (Phi) is 9.57. The molecule has 0 aliphatic carbocycles. The van der Waals surface area contributed by atoms with E-state index in [1.165, 1.54) is 5.56 Å². The number of nitrogens with one attached hydrogen (secondary N) is 1. The van der Waals surface area contributed by atoms with Crippen LogP contribution >= 0.6 is 0 Å². The van der Waals surface area contributed by atoms with E-state index in [1.807, 2.05) is 69.3 Å². The van der Waals surface area contributed by atoms with Crippen LogP contribution in [0.2, 0.25) is 0 Å². The molecule has 5 nitrogen and oxygen atoms in total. The van der Waals surface area contributed by atoms with Crippen molar-refractivity contribution >= 4 is 11.8 Å². The summed E-state index contributed by atoms with van der Waals surface area (Å²) in [5.74, 6) is 0.726. The van der Waals surface area contributed by atoms with Crippen molar-refractivity contribution in [1.29, 1.82) is 0 Å². The topological polar surface area (TPSA) is 58.6 Å². The second-order valence-corrected chi connectivity index (χ2v) is 8.42. The van der Waals surface area contributed by atoms with Crippen molar-refractivity contribution in [3.05, 3.63) is 65.2 Å². The average Bonchev–Trinajstić information content (AvgIpc) is 2.76. The molecule has 2 rings (SSSR count). The van der Waals surface area contributed by atoms with Crippen LogP contribution in [0.25, 0.3) is 0 Å². The number of amides is 2.